The zero-order chi connectivity index (χ0) is 25.9. The van der Waals surface area contributed by atoms with E-state index < -0.39 is 5.91 Å². The van der Waals surface area contributed by atoms with Crippen LogP contribution in [0.3, 0.4) is 0 Å². The van der Waals surface area contributed by atoms with E-state index >= 15 is 0 Å². The number of benzene rings is 1. The Morgan fingerprint density at radius 3 is 2.81 bits per heavy atom. The smallest absolute Gasteiger partial charge is 0.267 e. The van der Waals surface area contributed by atoms with E-state index in [1.807, 2.05) is 31.2 Å². The molecular weight excluding hydrogens is 530 g/mol. The number of carbonyl (C=O) groups is 1. The third kappa shape index (κ3) is 5.15. The number of pyridine rings is 2. The highest BCUT2D eigenvalue weighted by Crippen LogP contribution is 2.30. The van der Waals surface area contributed by atoms with Crippen molar-refractivity contribution >= 4 is 62.4 Å². The zero-order valence-corrected chi connectivity index (χ0v) is 22.2. The lowest BCUT2D eigenvalue weighted by atomic mass is 10.2. The van der Waals surface area contributed by atoms with Crippen LogP contribution in [0.15, 0.2) is 63.9 Å². The van der Waals surface area contributed by atoms with Crippen molar-refractivity contribution in [2.75, 3.05) is 5.32 Å². The average Bonchev–Trinajstić information content (AvgIpc) is 3.35. The number of fused-ring (bicyclic) bond motifs is 2. The molecule has 0 saturated carbocycles. The Balaban J connectivity index is 1.46. The Bertz CT molecular complexity index is 1750. The molecule has 0 aliphatic heterocycles. The number of hydrogen-bond donors (Lipinski definition) is 2. The molecule has 0 atom stereocenters. The fraction of sp³-hybridized carbons (Fsp3) is 0.200. The van der Waals surface area contributed by atoms with Gasteiger partial charge in [0.25, 0.3) is 11.5 Å². The highest BCUT2D eigenvalue weighted by atomic mass is 35.5. The predicted molar refractivity (Wildman–Crippen MR) is 147 cm³/mol. The minimum absolute atomic E-state index is 0.0107. The summed E-state index contributed by atoms with van der Waals surface area (Å²) in [5.41, 5.74) is 1.61. The lowest BCUT2D eigenvalue weighted by Crippen LogP contribution is -2.32. The van der Waals surface area contributed by atoms with Crippen molar-refractivity contribution in [2.24, 2.45) is 0 Å². The molecule has 5 rings (SSSR count). The van der Waals surface area contributed by atoms with Crippen LogP contribution in [0.5, 0.6) is 0 Å². The summed E-state index contributed by atoms with van der Waals surface area (Å²) >= 11 is 8.93. The summed E-state index contributed by atoms with van der Waals surface area (Å²) < 4.78 is 3.74. The molecule has 0 spiro atoms. The van der Waals surface area contributed by atoms with E-state index in [0.29, 0.717) is 38.1 Å². The van der Waals surface area contributed by atoms with Gasteiger partial charge in [0.1, 0.15) is 16.8 Å². The number of aromatic nitrogens is 5. The standard InChI is InChI=1S/C25H22ClN7O2S2/c1-2-3-11-33-20(27)16(13-17-21(33)28-19-10-6-7-12-32(19)23(17)35)22(34)29-24-30-31-25(37-24)36-14-15-8-4-5-9-18(15)26/h4-10,12-13,27H,2-3,11,14H2,1H3,(H,29,30,34). The fourth-order valence-corrected chi connectivity index (χ4v) is 5.86. The molecule has 0 bridgehead atoms. The van der Waals surface area contributed by atoms with Gasteiger partial charge >= 0.3 is 0 Å². The monoisotopic (exact) mass is 551 g/mol. The van der Waals surface area contributed by atoms with E-state index in [1.54, 1.807) is 29.0 Å². The molecule has 0 saturated heterocycles. The summed E-state index contributed by atoms with van der Waals surface area (Å²) in [6.07, 6.45) is 3.29. The number of hydrogen-bond acceptors (Lipinski definition) is 8. The molecule has 1 amide bonds. The molecule has 0 radical (unpaired) electrons. The van der Waals surface area contributed by atoms with E-state index in [4.69, 9.17) is 17.0 Å². The molecule has 188 valence electrons. The van der Waals surface area contributed by atoms with Gasteiger partial charge in [-0.1, -0.05) is 72.3 Å². The molecule has 5 aromatic rings. The van der Waals surface area contributed by atoms with Crippen molar-refractivity contribution in [1.82, 2.24) is 24.1 Å². The van der Waals surface area contributed by atoms with Gasteiger partial charge in [-0.2, -0.15) is 0 Å². The minimum Gasteiger partial charge on any atom is -0.310 e. The maximum atomic E-state index is 13.3. The second kappa shape index (κ2) is 10.8. The maximum Gasteiger partial charge on any atom is 0.267 e. The summed E-state index contributed by atoms with van der Waals surface area (Å²) in [6.45, 7) is 2.50. The van der Waals surface area contributed by atoms with Crippen molar-refractivity contribution in [3.8, 4) is 0 Å². The van der Waals surface area contributed by atoms with Gasteiger partial charge < -0.3 is 4.57 Å². The van der Waals surface area contributed by atoms with Gasteiger partial charge in [-0.05, 0) is 36.2 Å². The average molecular weight is 552 g/mol. The Labute approximate surface area is 224 Å². The Kier molecular flexibility index (Phi) is 7.36. The fourth-order valence-electron chi connectivity index (χ4n) is 3.83. The Hall–Kier alpha value is -3.54. The molecule has 12 heteroatoms. The van der Waals surface area contributed by atoms with Gasteiger partial charge in [-0.15, -0.1) is 10.2 Å². The largest absolute Gasteiger partial charge is 0.310 e. The number of unbranched alkanes of at least 4 members (excludes halogenated alkanes) is 1. The summed E-state index contributed by atoms with van der Waals surface area (Å²) in [6, 6.07) is 14.3. The topological polar surface area (TPSA) is 118 Å². The van der Waals surface area contributed by atoms with Gasteiger partial charge in [0.2, 0.25) is 5.13 Å². The summed E-state index contributed by atoms with van der Waals surface area (Å²) in [7, 11) is 0. The van der Waals surface area contributed by atoms with Crippen LogP contribution >= 0.6 is 34.7 Å². The second-order valence-corrected chi connectivity index (χ2v) is 10.8. The van der Waals surface area contributed by atoms with Gasteiger partial charge in [0.15, 0.2) is 4.34 Å². The van der Waals surface area contributed by atoms with Gasteiger partial charge in [0.05, 0.1) is 10.9 Å². The molecule has 37 heavy (non-hydrogen) atoms. The molecule has 4 aromatic heterocycles. The Morgan fingerprint density at radius 1 is 1.19 bits per heavy atom. The van der Waals surface area contributed by atoms with Crippen molar-refractivity contribution in [3.05, 3.63) is 86.7 Å². The van der Waals surface area contributed by atoms with E-state index in [-0.39, 0.29) is 22.0 Å². The number of nitrogens with zero attached hydrogens (tertiary/aromatic N) is 5. The number of nitrogens with one attached hydrogen (secondary N) is 2. The van der Waals surface area contributed by atoms with Crippen LogP contribution in [0.4, 0.5) is 5.13 Å². The highest BCUT2D eigenvalue weighted by molar-refractivity contribution is 8.00. The van der Waals surface area contributed by atoms with Crippen LogP contribution in [-0.4, -0.2) is 30.1 Å². The first-order chi connectivity index (χ1) is 18.0. The lowest BCUT2D eigenvalue weighted by molar-refractivity contribution is 0.102. The van der Waals surface area contributed by atoms with Crippen LogP contribution in [0.1, 0.15) is 35.7 Å². The number of thioether (sulfide) groups is 1. The molecule has 0 unspecified atom stereocenters. The first-order valence-corrected chi connectivity index (χ1v) is 13.7. The molecule has 2 N–H and O–H groups in total. The van der Waals surface area contributed by atoms with Crippen molar-refractivity contribution in [3.63, 3.8) is 0 Å². The third-order valence-corrected chi connectivity index (χ3v) is 8.12. The van der Waals surface area contributed by atoms with E-state index in [2.05, 4.69) is 20.5 Å². The first-order valence-electron chi connectivity index (χ1n) is 11.6. The number of rotatable bonds is 8. The van der Waals surface area contributed by atoms with Crippen LogP contribution < -0.4 is 16.4 Å². The molecule has 0 aliphatic carbocycles. The highest BCUT2D eigenvalue weighted by Gasteiger charge is 2.19. The molecular formula is C25H22ClN7O2S2. The molecule has 0 aliphatic rings. The zero-order valence-electron chi connectivity index (χ0n) is 19.8. The van der Waals surface area contributed by atoms with E-state index in [9.17, 15) is 9.59 Å². The van der Waals surface area contributed by atoms with Crippen LogP contribution in [0.2, 0.25) is 5.02 Å². The third-order valence-electron chi connectivity index (χ3n) is 5.73. The second-order valence-electron chi connectivity index (χ2n) is 8.20. The van der Waals surface area contributed by atoms with Crippen molar-refractivity contribution < 1.29 is 4.79 Å². The quantitative estimate of drug-likeness (QED) is 0.159. The number of aryl methyl sites for hydroxylation is 1. The first kappa shape index (κ1) is 25.1. The summed E-state index contributed by atoms with van der Waals surface area (Å²) in [5, 5.41) is 21.0. The van der Waals surface area contributed by atoms with Crippen LogP contribution in [-0.2, 0) is 12.3 Å². The van der Waals surface area contributed by atoms with E-state index in [0.717, 1.165) is 18.4 Å². The number of amides is 1. The van der Waals surface area contributed by atoms with Crippen molar-refractivity contribution in [1.29, 1.82) is 5.41 Å². The molecule has 0 fully saturated rings. The number of halogens is 1. The van der Waals surface area contributed by atoms with Crippen molar-refractivity contribution in [2.45, 2.75) is 36.4 Å². The van der Waals surface area contributed by atoms with Gasteiger partial charge in [-0.25, -0.2) is 4.98 Å². The summed E-state index contributed by atoms with van der Waals surface area (Å²) in [4.78, 5) is 31.1. The van der Waals surface area contributed by atoms with Gasteiger partial charge in [-0.3, -0.25) is 24.7 Å². The lowest BCUT2D eigenvalue weighted by Gasteiger charge is -2.14. The normalized spacial score (nSPS) is 11.3. The number of carbonyl (C=O) groups excluding carboxylic acids is 1. The maximum absolute atomic E-state index is 13.3. The number of anilines is 1. The Morgan fingerprint density at radius 2 is 2.00 bits per heavy atom. The molecule has 9 nitrogen and oxygen atoms in total. The van der Waals surface area contributed by atoms with E-state index in [1.165, 1.54) is 33.6 Å². The van der Waals surface area contributed by atoms with Crippen LogP contribution in [0, 0.1) is 5.41 Å². The minimum atomic E-state index is -0.534. The molecule has 4 heterocycles. The van der Waals surface area contributed by atoms with Gasteiger partial charge in [0, 0.05) is 23.5 Å². The molecule has 1 aromatic carbocycles. The van der Waals surface area contributed by atoms with Crippen LogP contribution in [0.25, 0.3) is 16.7 Å². The predicted octanol–water partition coefficient (Wildman–Crippen LogP) is 4.98. The SMILES string of the molecule is CCCCn1c(=N)c(C(=O)Nc2nnc(SCc3ccccc3Cl)s2)cc2c(=O)n3ccccc3nc21. The summed E-state index contributed by atoms with van der Waals surface area (Å²) in [5.74, 6) is 0.0834.